The van der Waals surface area contributed by atoms with Gasteiger partial charge in [-0.25, -0.2) is 0 Å². The van der Waals surface area contributed by atoms with Crippen LogP contribution in [0.2, 0.25) is 0 Å². The van der Waals surface area contributed by atoms with E-state index in [1.807, 2.05) is 78.9 Å². The molecule has 6 heteroatoms. The SMILES string of the molecule is COCOc1ccccc1C[C@@H](O)C[C@@H](Cc1ccccc1)C(=O)N[C@H]1c2ccccc2CC1O. The van der Waals surface area contributed by atoms with Crippen molar-refractivity contribution in [2.24, 2.45) is 5.92 Å². The summed E-state index contributed by atoms with van der Waals surface area (Å²) in [7, 11) is 1.56. The molecule has 3 aromatic rings. The Hall–Kier alpha value is -3.19. The lowest BCUT2D eigenvalue weighted by Crippen LogP contribution is -2.39. The summed E-state index contributed by atoms with van der Waals surface area (Å²) in [5.41, 5.74) is 3.89. The number of hydrogen-bond acceptors (Lipinski definition) is 5. The lowest BCUT2D eigenvalue weighted by molar-refractivity contribution is -0.127. The Balaban J connectivity index is 1.48. The minimum Gasteiger partial charge on any atom is -0.467 e. The van der Waals surface area contributed by atoms with Gasteiger partial charge in [0.2, 0.25) is 5.91 Å². The van der Waals surface area contributed by atoms with Crippen LogP contribution >= 0.6 is 0 Å². The van der Waals surface area contributed by atoms with E-state index in [9.17, 15) is 15.0 Å². The first-order valence-electron chi connectivity index (χ1n) is 12.0. The molecular weight excluding hydrogens is 442 g/mol. The van der Waals surface area contributed by atoms with Crippen molar-refractivity contribution in [1.29, 1.82) is 0 Å². The molecule has 1 unspecified atom stereocenters. The molecule has 0 saturated carbocycles. The summed E-state index contributed by atoms with van der Waals surface area (Å²) < 4.78 is 10.6. The minimum atomic E-state index is -0.748. The molecule has 1 aliphatic rings. The Morgan fingerprint density at radius 1 is 1.00 bits per heavy atom. The normalized spacial score (nSPS) is 18.5. The molecular formula is C29H33NO5. The first kappa shape index (κ1) is 24.9. The maximum atomic E-state index is 13.5. The van der Waals surface area contributed by atoms with Crippen molar-refractivity contribution < 1.29 is 24.5 Å². The van der Waals surface area contributed by atoms with Gasteiger partial charge in [-0.15, -0.1) is 0 Å². The Morgan fingerprint density at radius 2 is 1.71 bits per heavy atom. The Kier molecular flexibility index (Phi) is 8.53. The molecule has 4 rings (SSSR count). The van der Waals surface area contributed by atoms with E-state index in [2.05, 4.69) is 5.32 Å². The number of methoxy groups -OCH3 is 1. The lowest BCUT2D eigenvalue weighted by atomic mass is 9.90. The summed E-state index contributed by atoms with van der Waals surface area (Å²) in [6.45, 7) is 0.122. The molecule has 0 fully saturated rings. The summed E-state index contributed by atoms with van der Waals surface area (Å²) >= 11 is 0. The Bertz CT molecular complexity index is 1100. The van der Waals surface area contributed by atoms with Gasteiger partial charge in [0, 0.05) is 25.9 Å². The molecule has 3 N–H and O–H groups in total. The van der Waals surface area contributed by atoms with Gasteiger partial charge in [-0.3, -0.25) is 4.79 Å². The predicted molar refractivity (Wildman–Crippen MR) is 134 cm³/mol. The zero-order valence-corrected chi connectivity index (χ0v) is 20.0. The molecule has 0 aromatic heterocycles. The number of hydrogen-bond donors (Lipinski definition) is 3. The number of carbonyl (C=O) groups excluding carboxylic acids is 1. The number of ether oxygens (including phenoxy) is 2. The van der Waals surface area contributed by atoms with E-state index >= 15 is 0 Å². The molecule has 4 atom stereocenters. The third-order valence-corrected chi connectivity index (χ3v) is 6.51. The average Bonchev–Trinajstić information content (AvgIpc) is 3.18. The zero-order valence-electron chi connectivity index (χ0n) is 20.0. The van der Waals surface area contributed by atoms with Gasteiger partial charge in [0.1, 0.15) is 5.75 Å². The van der Waals surface area contributed by atoms with Crippen LogP contribution in [0.5, 0.6) is 5.75 Å². The topological polar surface area (TPSA) is 88.0 Å². The van der Waals surface area contributed by atoms with Gasteiger partial charge in [0.25, 0.3) is 0 Å². The second-order valence-corrected chi connectivity index (χ2v) is 9.10. The molecule has 0 spiro atoms. The molecule has 1 amide bonds. The van der Waals surface area contributed by atoms with E-state index < -0.39 is 24.2 Å². The number of aliphatic hydroxyl groups excluding tert-OH is 2. The minimum absolute atomic E-state index is 0.122. The van der Waals surface area contributed by atoms with Crippen LogP contribution in [0.25, 0.3) is 0 Å². The lowest BCUT2D eigenvalue weighted by Gasteiger charge is -2.25. The largest absolute Gasteiger partial charge is 0.467 e. The number of benzene rings is 3. The van der Waals surface area contributed by atoms with Crippen molar-refractivity contribution in [3.05, 3.63) is 101 Å². The molecule has 184 valence electrons. The van der Waals surface area contributed by atoms with Crippen LogP contribution in [0.4, 0.5) is 0 Å². The third-order valence-electron chi connectivity index (χ3n) is 6.51. The molecule has 0 bridgehead atoms. The second kappa shape index (κ2) is 12.0. The number of aliphatic hydroxyl groups is 2. The van der Waals surface area contributed by atoms with Crippen LogP contribution in [-0.2, 0) is 28.8 Å². The number of para-hydroxylation sites is 1. The number of carbonyl (C=O) groups is 1. The summed E-state index contributed by atoms with van der Waals surface area (Å²) in [6, 6.07) is 24.7. The zero-order chi connectivity index (χ0) is 24.6. The monoisotopic (exact) mass is 475 g/mol. The van der Waals surface area contributed by atoms with E-state index in [1.165, 1.54) is 0 Å². The fraction of sp³-hybridized carbons (Fsp3) is 0.345. The molecule has 0 saturated heterocycles. The van der Waals surface area contributed by atoms with Crippen molar-refractivity contribution in [1.82, 2.24) is 5.32 Å². The van der Waals surface area contributed by atoms with Crippen LogP contribution in [0.3, 0.4) is 0 Å². The van der Waals surface area contributed by atoms with Gasteiger partial charge in [-0.1, -0.05) is 72.8 Å². The molecule has 0 radical (unpaired) electrons. The van der Waals surface area contributed by atoms with Crippen molar-refractivity contribution in [3.8, 4) is 5.75 Å². The smallest absolute Gasteiger partial charge is 0.224 e. The highest BCUT2D eigenvalue weighted by molar-refractivity contribution is 5.80. The van der Waals surface area contributed by atoms with Crippen LogP contribution < -0.4 is 10.1 Å². The van der Waals surface area contributed by atoms with Gasteiger partial charge in [0.15, 0.2) is 6.79 Å². The fourth-order valence-electron chi connectivity index (χ4n) is 4.80. The van der Waals surface area contributed by atoms with Crippen LogP contribution in [0.1, 0.15) is 34.7 Å². The van der Waals surface area contributed by atoms with Crippen LogP contribution in [-0.4, -0.2) is 42.2 Å². The van der Waals surface area contributed by atoms with Gasteiger partial charge in [0.05, 0.1) is 18.2 Å². The van der Waals surface area contributed by atoms with Crippen molar-refractivity contribution >= 4 is 5.91 Å². The third kappa shape index (κ3) is 6.48. The van der Waals surface area contributed by atoms with Gasteiger partial charge < -0.3 is 25.0 Å². The maximum absolute atomic E-state index is 13.5. The molecule has 1 aliphatic carbocycles. The molecule has 6 nitrogen and oxygen atoms in total. The summed E-state index contributed by atoms with van der Waals surface area (Å²) in [6.07, 6.45) is 0.240. The highest BCUT2D eigenvalue weighted by Gasteiger charge is 2.34. The van der Waals surface area contributed by atoms with Crippen molar-refractivity contribution in [2.45, 2.75) is 43.9 Å². The van der Waals surface area contributed by atoms with Gasteiger partial charge in [-0.05, 0) is 41.2 Å². The number of nitrogens with one attached hydrogen (secondary N) is 1. The first-order chi connectivity index (χ1) is 17.0. The molecule has 3 aromatic carbocycles. The Morgan fingerprint density at radius 3 is 2.51 bits per heavy atom. The van der Waals surface area contributed by atoms with E-state index in [1.54, 1.807) is 7.11 Å². The van der Waals surface area contributed by atoms with E-state index in [0.717, 1.165) is 22.3 Å². The van der Waals surface area contributed by atoms with Gasteiger partial charge in [-0.2, -0.15) is 0 Å². The highest BCUT2D eigenvalue weighted by atomic mass is 16.7. The predicted octanol–water partition coefficient (Wildman–Crippen LogP) is 3.60. The molecule has 0 heterocycles. The van der Waals surface area contributed by atoms with Crippen LogP contribution in [0.15, 0.2) is 78.9 Å². The van der Waals surface area contributed by atoms with Crippen LogP contribution in [0, 0.1) is 5.92 Å². The second-order valence-electron chi connectivity index (χ2n) is 9.10. The maximum Gasteiger partial charge on any atom is 0.224 e. The van der Waals surface area contributed by atoms with E-state index in [-0.39, 0.29) is 19.1 Å². The van der Waals surface area contributed by atoms with Gasteiger partial charge >= 0.3 is 0 Å². The van der Waals surface area contributed by atoms with E-state index in [0.29, 0.717) is 25.0 Å². The number of fused-ring (bicyclic) bond motifs is 1. The number of amides is 1. The quantitative estimate of drug-likeness (QED) is 0.369. The summed E-state index contributed by atoms with van der Waals surface area (Å²) in [4.78, 5) is 13.5. The molecule has 0 aliphatic heterocycles. The average molecular weight is 476 g/mol. The highest BCUT2D eigenvalue weighted by Crippen LogP contribution is 2.32. The van der Waals surface area contributed by atoms with Crippen molar-refractivity contribution in [3.63, 3.8) is 0 Å². The summed E-state index contributed by atoms with van der Waals surface area (Å²) in [5.74, 6) is 0.0279. The summed E-state index contributed by atoms with van der Waals surface area (Å²) in [5, 5.41) is 24.7. The molecule has 35 heavy (non-hydrogen) atoms. The Labute approximate surface area is 206 Å². The number of rotatable bonds is 11. The fourth-order valence-corrected chi connectivity index (χ4v) is 4.80. The van der Waals surface area contributed by atoms with Crippen molar-refractivity contribution in [2.75, 3.05) is 13.9 Å². The van der Waals surface area contributed by atoms with E-state index in [4.69, 9.17) is 9.47 Å². The standard InChI is InChI=1S/C29H33NO5/c1-34-19-35-27-14-8-6-12-22(27)16-24(31)17-23(15-20-9-3-2-4-10-20)29(33)30-28-25-13-7-5-11-21(25)18-26(28)32/h2-14,23-24,26,28,31-32H,15-19H2,1H3,(H,30,33)/t23-,24-,26?,28+/m1/s1. The first-order valence-corrected chi connectivity index (χ1v) is 12.0.